The molecule has 1 saturated heterocycles. The summed E-state index contributed by atoms with van der Waals surface area (Å²) in [4.78, 5) is 13.7. The molecule has 1 aliphatic heterocycles. The molecule has 1 aromatic carbocycles. The van der Waals surface area contributed by atoms with Crippen LogP contribution in [-0.2, 0) is 0 Å². The van der Waals surface area contributed by atoms with Crippen molar-refractivity contribution in [1.29, 1.82) is 5.26 Å². The van der Waals surface area contributed by atoms with Crippen LogP contribution >= 0.6 is 11.8 Å². The lowest BCUT2D eigenvalue weighted by Gasteiger charge is -2.36. The van der Waals surface area contributed by atoms with Gasteiger partial charge in [0.2, 0.25) is 0 Å². The van der Waals surface area contributed by atoms with E-state index < -0.39 is 22.3 Å². The number of hydrogen-bond acceptors (Lipinski definition) is 3. The van der Waals surface area contributed by atoms with Crippen LogP contribution in [0.4, 0.5) is 8.78 Å². The first-order valence-corrected chi connectivity index (χ1v) is 7.45. The lowest BCUT2D eigenvalue weighted by Crippen LogP contribution is -2.44. The molecule has 1 heterocycles. The van der Waals surface area contributed by atoms with Crippen LogP contribution < -0.4 is 0 Å². The topological polar surface area (TPSA) is 44.1 Å². The largest absolute Gasteiger partial charge is 0.338 e. The third kappa shape index (κ3) is 2.63. The molecule has 0 aliphatic carbocycles. The number of amides is 1. The molecule has 1 aliphatic rings. The zero-order chi connectivity index (χ0) is 14.8. The third-order valence-electron chi connectivity index (χ3n) is 3.63. The molecule has 2 rings (SSSR count). The summed E-state index contributed by atoms with van der Waals surface area (Å²) >= 11 is 1.48. The summed E-state index contributed by atoms with van der Waals surface area (Å²) in [7, 11) is 0. The Hall–Kier alpha value is -1.61. The highest BCUT2D eigenvalue weighted by molar-refractivity contribution is 8.00. The molecule has 0 aromatic heterocycles. The van der Waals surface area contributed by atoms with Crippen LogP contribution in [0.5, 0.6) is 0 Å². The van der Waals surface area contributed by atoms with Crippen LogP contribution in [0.3, 0.4) is 0 Å². The summed E-state index contributed by atoms with van der Waals surface area (Å²) in [5.74, 6) is -2.66. The summed E-state index contributed by atoms with van der Waals surface area (Å²) in [6.45, 7) is 0.756. The summed E-state index contributed by atoms with van der Waals surface area (Å²) in [5.41, 5.74) is -0.251. The zero-order valence-electron chi connectivity index (χ0n) is 11.0. The predicted molar refractivity (Wildman–Crippen MR) is 73.4 cm³/mol. The second kappa shape index (κ2) is 5.80. The first-order valence-electron chi connectivity index (χ1n) is 6.23. The van der Waals surface area contributed by atoms with Gasteiger partial charge in [-0.15, -0.1) is 11.8 Å². The molecule has 0 unspecified atom stereocenters. The van der Waals surface area contributed by atoms with Crippen LogP contribution in [0.25, 0.3) is 0 Å². The Kier molecular flexibility index (Phi) is 4.29. The van der Waals surface area contributed by atoms with Crippen molar-refractivity contribution in [2.24, 2.45) is 0 Å². The lowest BCUT2D eigenvalue weighted by molar-refractivity contribution is 0.0710. The third-order valence-corrected chi connectivity index (χ3v) is 4.92. The maximum Gasteiger partial charge on any atom is 0.256 e. The van der Waals surface area contributed by atoms with Gasteiger partial charge in [-0.05, 0) is 31.2 Å². The second-order valence-electron chi connectivity index (χ2n) is 4.70. The van der Waals surface area contributed by atoms with Gasteiger partial charge in [0, 0.05) is 13.1 Å². The minimum absolute atomic E-state index is 0.251. The lowest BCUT2D eigenvalue weighted by atomic mass is 9.96. The number of carbonyl (C=O) groups is 1. The highest BCUT2D eigenvalue weighted by Crippen LogP contribution is 2.34. The van der Waals surface area contributed by atoms with Gasteiger partial charge in [-0.25, -0.2) is 8.78 Å². The van der Waals surface area contributed by atoms with E-state index in [1.807, 2.05) is 6.26 Å². The van der Waals surface area contributed by atoms with Crippen LogP contribution in [0.2, 0.25) is 0 Å². The molecule has 0 bridgehead atoms. The van der Waals surface area contributed by atoms with E-state index in [9.17, 15) is 18.8 Å². The highest BCUT2D eigenvalue weighted by atomic mass is 32.2. The van der Waals surface area contributed by atoms with Gasteiger partial charge >= 0.3 is 0 Å². The van der Waals surface area contributed by atoms with Gasteiger partial charge in [0.05, 0.1) is 11.6 Å². The molecule has 0 N–H and O–H groups in total. The van der Waals surface area contributed by atoms with Gasteiger partial charge in [-0.2, -0.15) is 5.26 Å². The van der Waals surface area contributed by atoms with E-state index >= 15 is 0 Å². The molecule has 0 radical (unpaired) electrons. The summed E-state index contributed by atoms with van der Waals surface area (Å²) in [6.07, 6.45) is 2.94. The van der Waals surface area contributed by atoms with Crippen molar-refractivity contribution in [3.63, 3.8) is 0 Å². The molecule has 1 aromatic rings. The maximum absolute atomic E-state index is 13.6. The summed E-state index contributed by atoms with van der Waals surface area (Å²) in [5, 5.41) is 9.18. The van der Waals surface area contributed by atoms with Crippen LogP contribution in [0.15, 0.2) is 18.2 Å². The van der Waals surface area contributed by atoms with Crippen molar-refractivity contribution in [1.82, 2.24) is 4.90 Å². The van der Waals surface area contributed by atoms with E-state index in [1.54, 1.807) is 0 Å². The molecule has 1 amide bonds. The van der Waals surface area contributed by atoms with Crippen molar-refractivity contribution in [3.8, 4) is 6.07 Å². The van der Waals surface area contributed by atoms with E-state index in [2.05, 4.69) is 6.07 Å². The molecule has 20 heavy (non-hydrogen) atoms. The van der Waals surface area contributed by atoms with Gasteiger partial charge in [-0.1, -0.05) is 6.07 Å². The first kappa shape index (κ1) is 14.8. The predicted octanol–water partition coefficient (Wildman–Crippen LogP) is 2.83. The number of nitrogens with zero attached hydrogens (tertiary/aromatic N) is 2. The molecule has 0 spiro atoms. The van der Waals surface area contributed by atoms with Gasteiger partial charge in [0.1, 0.15) is 4.75 Å². The quantitative estimate of drug-likeness (QED) is 0.843. The fourth-order valence-corrected chi connectivity index (χ4v) is 2.95. The SMILES string of the molecule is CSC1(C#N)CCN(C(=O)c2cccc(F)c2F)CC1. The number of halogens is 2. The molecule has 3 nitrogen and oxygen atoms in total. The van der Waals surface area contributed by atoms with E-state index in [4.69, 9.17) is 0 Å². The molecule has 0 atom stereocenters. The van der Waals surface area contributed by atoms with Crippen LogP contribution in [0.1, 0.15) is 23.2 Å². The molecular weight excluding hydrogens is 282 g/mol. The standard InChI is InChI=1S/C14H14F2N2OS/c1-20-14(9-17)5-7-18(8-6-14)13(19)10-3-2-4-11(15)12(10)16/h2-4H,5-8H2,1H3. The fraction of sp³-hybridized carbons (Fsp3) is 0.429. The number of likely N-dealkylation sites (tertiary alicyclic amines) is 1. The Morgan fingerprint density at radius 1 is 1.40 bits per heavy atom. The second-order valence-corrected chi connectivity index (χ2v) is 5.89. The average Bonchev–Trinajstić information content (AvgIpc) is 2.49. The Morgan fingerprint density at radius 2 is 2.05 bits per heavy atom. The number of carbonyl (C=O) groups excluding carboxylic acids is 1. The highest BCUT2D eigenvalue weighted by Gasteiger charge is 2.36. The van der Waals surface area contributed by atoms with E-state index in [1.165, 1.54) is 28.8 Å². The van der Waals surface area contributed by atoms with Crippen molar-refractivity contribution in [2.45, 2.75) is 17.6 Å². The number of benzene rings is 1. The van der Waals surface area contributed by atoms with Crippen LogP contribution in [-0.4, -0.2) is 34.9 Å². The van der Waals surface area contributed by atoms with Gasteiger partial charge in [-0.3, -0.25) is 4.79 Å². The minimum Gasteiger partial charge on any atom is -0.338 e. The molecule has 1 fully saturated rings. The molecule has 0 saturated carbocycles. The van der Waals surface area contributed by atoms with Crippen molar-refractivity contribution in [2.75, 3.05) is 19.3 Å². The van der Waals surface area contributed by atoms with Gasteiger partial charge in [0.15, 0.2) is 11.6 Å². The van der Waals surface area contributed by atoms with Crippen molar-refractivity contribution < 1.29 is 13.6 Å². The number of piperidine rings is 1. The fourth-order valence-electron chi connectivity index (χ4n) is 2.27. The number of thioether (sulfide) groups is 1. The normalized spacial score (nSPS) is 17.6. The van der Waals surface area contributed by atoms with E-state index in [0.29, 0.717) is 25.9 Å². The van der Waals surface area contributed by atoms with Gasteiger partial charge in [0.25, 0.3) is 5.91 Å². The Balaban J connectivity index is 2.13. The monoisotopic (exact) mass is 296 g/mol. The Labute approximate surface area is 120 Å². The summed E-state index contributed by atoms with van der Waals surface area (Å²) < 4.78 is 26.3. The number of hydrogen-bond donors (Lipinski definition) is 0. The smallest absolute Gasteiger partial charge is 0.256 e. The molecule has 106 valence electrons. The Bertz CT molecular complexity index is 563. The number of rotatable bonds is 2. The maximum atomic E-state index is 13.6. The molecule has 6 heteroatoms. The Morgan fingerprint density at radius 3 is 2.60 bits per heavy atom. The molecular formula is C14H14F2N2OS. The summed E-state index contributed by atoms with van der Waals surface area (Å²) in [6, 6.07) is 5.86. The average molecular weight is 296 g/mol. The van der Waals surface area contributed by atoms with Gasteiger partial charge < -0.3 is 4.90 Å². The van der Waals surface area contributed by atoms with Crippen molar-refractivity contribution in [3.05, 3.63) is 35.4 Å². The number of nitriles is 1. The van der Waals surface area contributed by atoms with Crippen LogP contribution in [0, 0.1) is 23.0 Å². The van der Waals surface area contributed by atoms with Crippen molar-refractivity contribution >= 4 is 17.7 Å². The van der Waals surface area contributed by atoms with E-state index in [0.717, 1.165) is 6.07 Å². The zero-order valence-corrected chi connectivity index (χ0v) is 11.8. The first-order chi connectivity index (χ1) is 9.53. The van der Waals surface area contributed by atoms with E-state index in [-0.39, 0.29) is 5.56 Å². The minimum atomic E-state index is -1.11.